The minimum atomic E-state index is -0.825. The van der Waals surface area contributed by atoms with E-state index in [4.69, 9.17) is 0 Å². The summed E-state index contributed by atoms with van der Waals surface area (Å²) >= 11 is 1.59. The average molecular weight is 295 g/mol. The monoisotopic (exact) mass is 295 g/mol. The summed E-state index contributed by atoms with van der Waals surface area (Å²) in [6.45, 7) is 6.21. The first-order valence-corrected chi connectivity index (χ1v) is 8.15. The Morgan fingerprint density at radius 1 is 1.35 bits per heavy atom. The summed E-state index contributed by atoms with van der Waals surface area (Å²) in [4.78, 5) is 11.7. The highest BCUT2D eigenvalue weighted by Gasteiger charge is 2.22. The fraction of sp³-hybridized carbons (Fsp3) is 0.562. The third-order valence-corrected chi connectivity index (χ3v) is 3.86. The van der Waals surface area contributed by atoms with Gasteiger partial charge in [0.15, 0.2) is 0 Å². The Morgan fingerprint density at radius 3 is 2.60 bits per heavy atom. The molecular weight excluding hydrogens is 270 g/mol. The van der Waals surface area contributed by atoms with Crippen LogP contribution in [0.2, 0.25) is 0 Å². The van der Waals surface area contributed by atoms with E-state index in [1.165, 1.54) is 5.56 Å². The zero-order chi connectivity index (χ0) is 15.0. The van der Waals surface area contributed by atoms with Crippen LogP contribution in [0, 0.1) is 5.92 Å². The van der Waals surface area contributed by atoms with Crippen molar-refractivity contribution >= 4 is 17.7 Å². The van der Waals surface area contributed by atoms with Crippen molar-refractivity contribution in [1.82, 2.24) is 5.32 Å². The van der Waals surface area contributed by atoms with E-state index in [1.54, 1.807) is 18.7 Å². The summed E-state index contributed by atoms with van der Waals surface area (Å²) in [5.41, 5.74) is 0.394. The second-order valence-corrected chi connectivity index (χ2v) is 6.84. The van der Waals surface area contributed by atoms with E-state index >= 15 is 0 Å². The molecule has 0 aliphatic rings. The number of benzene rings is 1. The molecule has 0 saturated heterocycles. The molecule has 0 aromatic heterocycles. The van der Waals surface area contributed by atoms with Gasteiger partial charge in [-0.3, -0.25) is 4.79 Å². The quantitative estimate of drug-likeness (QED) is 0.775. The Hall–Kier alpha value is -1.00. The summed E-state index contributed by atoms with van der Waals surface area (Å²) in [5.74, 6) is 1.65. The van der Waals surface area contributed by atoms with Crippen molar-refractivity contribution < 1.29 is 9.90 Å². The van der Waals surface area contributed by atoms with Crippen molar-refractivity contribution in [1.29, 1.82) is 0 Å². The SMILES string of the molecule is CC(C)CC(C)(O)CNC(=O)CSCc1ccccc1. The zero-order valence-electron chi connectivity index (χ0n) is 12.6. The molecular formula is C16H25NO2S. The topological polar surface area (TPSA) is 49.3 Å². The number of nitrogens with one attached hydrogen (secondary N) is 1. The summed E-state index contributed by atoms with van der Waals surface area (Å²) in [6, 6.07) is 10.1. The first kappa shape index (κ1) is 17.1. The van der Waals surface area contributed by atoms with E-state index in [-0.39, 0.29) is 5.91 Å². The highest BCUT2D eigenvalue weighted by atomic mass is 32.2. The van der Waals surface area contributed by atoms with E-state index in [2.05, 4.69) is 31.3 Å². The van der Waals surface area contributed by atoms with Crippen LogP contribution in [0.15, 0.2) is 30.3 Å². The molecule has 2 N–H and O–H groups in total. The lowest BCUT2D eigenvalue weighted by molar-refractivity contribution is -0.119. The van der Waals surface area contributed by atoms with Gasteiger partial charge in [-0.05, 0) is 24.8 Å². The van der Waals surface area contributed by atoms with E-state index in [9.17, 15) is 9.90 Å². The fourth-order valence-electron chi connectivity index (χ4n) is 2.13. The largest absolute Gasteiger partial charge is 0.388 e. The molecule has 1 aromatic rings. The number of amides is 1. The summed E-state index contributed by atoms with van der Waals surface area (Å²) in [5, 5.41) is 12.9. The third kappa shape index (κ3) is 7.56. The maximum absolute atomic E-state index is 11.7. The third-order valence-electron chi connectivity index (χ3n) is 2.86. The fourth-order valence-corrected chi connectivity index (χ4v) is 2.95. The highest BCUT2D eigenvalue weighted by molar-refractivity contribution is 7.99. The minimum absolute atomic E-state index is 0.0186. The van der Waals surface area contributed by atoms with Crippen molar-refractivity contribution in [2.24, 2.45) is 5.92 Å². The number of thioether (sulfide) groups is 1. The Bertz CT molecular complexity index is 404. The molecule has 112 valence electrons. The first-order valence-electron chi connectivity index (χ1n) is 7.00. The van der Waals surface area contributed by atoms with Gasteiger partial charge in [-0.15, -0.1) is 11.8 Å². The van der Waals surface area contributed by atoms with Crippen LogP contribution in [0.4, 0.5) is 0 Å². The molecule has 0 fully saturated rings. The minimum Gasteiger partial charge on any atom is -0.388 e. The molecule has 0 saturated carbocycles. The standard InChI is InChI=1S/C16H25NO2S/c1-13(2)9-16(3,19)12-17-15(18)11-20-10-14-7-5-4-6-8-14/h4-8,13,19H,9-12H2,1-3H3,(H,17,18). The Labute approximate surface area is 126 Å². The van der Waals surface area contributed by atoms with Crippen LogP contribution in [0.1, 0.15) is 32.8 Å². The molecule has 0 bridgehead atoms. The molecule has 1 amide bonds. The molecule has 1 aromatic carbocycles. The van der Waals surface area contributed by atoms with Gasteiger partial charge in [-0.2, -0.15) is 0 Å². The summed E-state index contributed by atoms with van der Waals surface area (Å²) < 4.78 is 0. The lowest BCUT2D eigenvalue weighted by atomic mass is 9.94. The average Bonchev–Trinajstić information content (AvgIpc) is 2.36. The van der Waals surface area contributed by atoms with Crippen molar-refractivity contribution in [3.05, 3.63) is 35.9 Å². The molecule has 0 heterocycles. The van der Waals surface area contributed by atoms with Crippen molar-refractivity contribution in [3.63, 3.8) is 0 Å². The molecule has 0 aliphatic carbocycles. The lowest BCUT2D eigenvalue weighted by Crippen LogP contribution is -2.42. The second-order valence-electron chi connectivity index (χ2n) is 5.85. The van der Waals surface area contributed by atoms with E-state index < -0.39 is 5.60 Å². The first-order chi connectivity index (χ1) is 9.39. The maximum atomic E-state index is 11.7. The maximum Gasteiger partial charge on any atom is 0.230 e. The van der Waals surface area contributed by atoms with Gasteiger partial charge >= 0.3 is 0 Å². The molecule has 1 rings (SSSR count). The van der Waals surface area contributed by atoms with Crippen LogP contribution in [-0.4, -0.2) is 28.9 Å². The molecule has 3 nitrogen and oxygen atoms in total. The molecule has 4 heteroatoms. The normalized spacial score (nSPS) is 14.1. The number of rotatable bonds is 8. The van der Waals surface area contributed by atoms with Crippen LogP contribution in [0.25, 0.3) is 0 Å². The van der Waals surface area contributed by atoms with Crippen molar-refractivity contribution in [2.45, 2.75) is 38.5 Å². The van der Waals surface area contributed by atoms with Crippen LogP contribution >= 0.6 is 11.8 Å². The molecule has 20 heavy (non-hydrogen) atoms. The number of carbonyl (C=O) groups excluding carboxylic acids is 1. The number of hydrogen-bond acceptors (Lipinski definition) is 3. The smallest absolute Gasteiger partial charge is 0.230 e. The second kappa shape index (κ2) is 8.32. The predicted octanol–water partition coefficient (Wildman–Crippen LogP) is 2.83. The molecule has 0 spiro atoms. The van der Waals surface area contributed by atoms with E-state index in [1.807, 2.05) is 18.2 Å². The summed E-state index contributed by atoms with van der Waals surface area (Å²) in [7, 11) is 0. The van der Waals surface area contributed by atoms with E-state index in [0.29, 0.717) is 24.6 Å². The number of carbonyl (C=O) groups is 1. The number of hydrogen-bond donors (Lipinski definition) is 2. The van der Waals surface area contributed by atoms with Gasteiger partial charge in [0, 0.05) is 12.3 Å². The summed E-state index contributed by atoms with van der Waals surface area (Å²) in [6.07, 6.45) is 0.685. The van der Waals surface area contributed by atoms with Crippen LogP contribution in [-0.2, 0) is 10.5 Å². The van der Waals surface area contributed by atoms with Gasteiger partial charge in [0.25, 0.3) is 0 Å². The zero-order valence-corrected chi connectivity index (χ0v) is 13.4. The van der Waals surface area contributed by atoms with Crippen LogP contribution in [0.3, 0.4) is 0 Å². The van der Waals surface area contributed by atoms with Gasteiger partial charge in [0.2, 0.25) is 5.91 Å². The van der Waals surface area contributed by atoms with Gasteiger partial charge in [0.1, 0.15) is 0 Å². The molecule has 0 radical (unpaired) electrons. The van der Waals surface area contributed by atoms with E-state index in [0.717, 1.165) is 5.75 Å². The van der Waals surface area contributed by atoms with Gasteiger partial charge in [-0.1, -0.05) is 44.2 Å². The Morgan fingerprint density at radius 2 is 2.00 bits per heavy atom. The molecule has 1 unspecified atom stereocenters. The lowest BCUT2D eigenvalue weighted by Gasteiger charge is -2.25. The Kier molecular flexibility index (Phi) is 7.10. The highest BCUT2D eigenvalue weighted by Crippen LogP contribution is 2.15. The molecule has 1 atom stereocenters. The van der Waals surface area contributed by atoms with Crippen molar-refractivity contribution in [3.8, 4) is 0 Å². The van der Waals surface area contributed by atoms with Gasteiger partial charge in [-0.25, -0.2) is 0 Å². The molecule has 0 aliphatic heterocycles. The van der Waals surface area contributed by atoms with Crippen molar-refractivity contribution in [2.75, 3.05) is 12.3 Å². The van der Waals surface area contributed by atoms with Crippen LogP contribution < -0.4 is 5.32 Å². The predicted molar refractivity (Wildman–Crippen MR) is 85.7 cm³/mol. The van der Waals surface area contributed by atoms with Gasteiger partial charge < -0.3 is 10.4 Å². The van der Waals surface area contributed by atoms with Crippen LogP contribution in [0.5, 0.6) is 0 Å². The van der Waals surface area contributed by atoms with Gasteiger partial charge in [0.05, 0.1) is 11.4 Å². The number of aliphatic hydroxyl groups is 1. The Balaban J connectivity index is 2.20.